The van der Waals surface area contributed by atoms with Crippen molar-refractivity contribution >= 4 is 17.1 Å². The van der Waals surface area contributed by atoms with Gasteiger partial charge in [-0.1, -0.05) is 50.2 Å². The van der Waals surface area contributed by atoms with E-state index in [1.54, 1.807) is 0 Å². The molecule has 37 heavy (non-hydrogen) atoms. The summed E-state index contributed by atoms with van der Waals surface area (Å²) < 4.78 is 2.15. The Labute approximate surface area is 220 Å². The van der Waals surface area contributed by atoms with Crippen LogP contribution in [-0.2, 0) is 11.3 Å². The largest absolute Gasteiger partial charge is 0.385 e. The molecule has 0 radical (unpaired) electrons. The van der Waals surface area contributed by atoms with E-state index in [9.17, 15) is 4.79 Å². The molecule has 0 aliphatic carbocycles. The highest BCUT2D eigenvalue weighted by molar-refractivity contribution is 5.84. The first-order valence-corrected chi connectivity index (χ1v) is 13.7. The lowest BCUT2D eigenvalue weighted by Crippen LogP contribution is -2.45. The summed E-state index contributed by atoms with van der Waals surface area (Å²) in [5.41, 5.74) is 7.74. The number of aromatic nitrogens is 2. The second-order valence-corrected chi connectivity index (χ2v) is 10.6. The van der Waals surface area contributed by atoms with Gasteiger partial charge >= 0.3 is 0 Å². The summed E-state index contributed by atoms with van der Waals surface area (Å²) in [4.78, 5) is 19.9. The monoisotopic (exact) mass is 494 g/mol. The Morgan fingerprint density at radius 2 is 1.86 bits per heavy atom. The van der Waals surface area contributed by atoms with Gasteiger partial charge in [0.05, 0.1) is 11.9 Å². The summed E-state index contributed by atoms with van der Waals surface area (Å²) in [5.74, 6) is 0.429. The van der Waals surface area contributed by atoms with Gasteiger partial charge in [-0.25, -0.2) is 4.98 Å². The zero-order valence-corrected chi connectivity index (χ0v) is 22.3. The second kappa shape index (κ2) is 10.9. The second-order valence-electron chi connectivity index (χ2n) is 10.6. The standard InChI is InChI=1S/C32H38N4O/c1-4-8-30(37)32(3)16-7-17-35(23-32)22-24-11-13-25(14-12-24)26-15-18-36-29(21-34-31(36)20-26)27-9-6-10-28(19-27)33-5-2/h6,9-15,18-21,33H,4-5,7-8,16-17,22-23H2,1-3H3. The van der Waals surface area contributed by atoms with Crippen LogP contribution in [0.3, 0.4) is 0 Å². The summed E-state index contributed by atoms with van der Waals surface area (Å²) in [7, 11) is 0. The van der Waals surface area contributed by atoms with Crippen LogP contribution in [0, 0.1) is 5.41 Å². The summed E-state index contributed by atoms with van der Waals surface area (Å²) in [5, 5.41) is 3.38. The summed E-state index contributed by atoms with van der Waals surface area (Å²) in [6.45, 7) is 10.1. The van der Waals surface area contributed by atoms with E-state index in [4.69, 9.17) is 4.98 Å². The number of carbonyl (C=O) groups is 1. The third-order valence-electron chi connectivity index (χ3n) is 7.67. The van der Waals surface area contributed by atoms with Crippen LogP contribution in [0.25, 0.3) is 28.0 Å². The third kappa shape index (κ3) is 5.47. The fraction of sp³-hybridized carbons (Fsp3) is 0.375. The van der Waals surface area contributed by atoms with Crippen LogP contribution in [0.5, 0.6) is 0 Å². The van der Waals surface area contributed by atoms with Gasteiger partial charge in [-0.3, -0.25) is 14.1 Å². The van der Waals surface area contributed by atoms with Crippen molar-refractivity contribution in [3.05, 3.63) is 78.6 Å². The zero-order chi connectivity index (χ0) is 25.8. The molecule has 2 aromatic carbocycles. The molecule has 1 aliphatic heterocycles. The van der Waals surface area contributed by atoms with Crippen LogP contribution in [-0.4, -0.2) is 39.7 Å². The van der Waals surface area contributed by atoms with Crippen LogP contribution < -0.4 is 5.32 Å². The van der Waals surface area contributed by atoms with E-state index in [2.05, 4.69) is 102 Å². The number of imidazole rings is 1. The number of hydrogen-bond donors (Lipinski definition) is 1. The van der Waals surface area contributed by atoms with Crippen LogP contribution in [0.4, 0.5) is 5.69 Å². The molecule has 1 unspecified atom stereocenters. The van der Waals surface area contributed by atoms with Crippen molar-refractivity contribution in [3.63, 3.8) is 0 Å². The number of carbonyl (C=O) groups excluding carboxylic acids is 1. The van der Waals surface area contributed by atoms with Gasteiger partial charge in [0, 0.05) is 48.9 Å². The molecule has 1 N–H and O–H groups in total. The average Bonchev–Trinajstić information content (AvgIpc) is 3.33. The molecule has 5 nitrogen and oxygen atoms in total. The number of ketones is 1. The summed E-state index contributed by atoms with van der Waals surface area (Å²) in [6.07, 6.45) is 7.80. The minimum absolute atomic E-state index is 0.194. The van der Waals surface area contributed by atoms with Crippen molar-refractivity contribution in [2.75, 3.05) is 25.0 Å². The first-order valence-electron chi connectivity index (χ1n) is 13.7. The van der Waals surface area contributed by atoms with E-state index in [0.29, 0.717) is 12.2 Å². The lowest BCUT2D eigenvalue weighted by Gasteiger charge is -2.39. The Morgan fingerprint density at radius 3 is 2.65 bits per heavy atom. The summed E-state index contributed by atoms with van der Waals surface area (Å²) >= 11 is 0. The van der Waals surface area contributed by atoms with Crippen molar-refractivity contribution in [3.8, 4) is 22.4 Å². The van der Waals surface area contributed by atoms with Gasteiger partial charge in [0.15, 0.2) is 0 Å². The van der Waals surface area contributed by atoms with E-state index in [-0.39, 0.29) is 5.41 Å². The lowest BCUT2D eigenvalue weighted by molar-refractivity contribution is -0.131. The Balaban J connectivity index is 1.30. The molecule has 1 fully saturated rings. The summed E-state index contributed by atoms with van der Waals surface area (Å²) in [6, 6.07) is 21.6. The van der Waals surface area contributed by atoms with Gasteiger partial charge in [-0.2, -0.15) is 0 Å². The molecule has 1 saturated heterocycles. The van der Waals surface area contributed by atoms with Gasteiger partial charge in [0.25, 0.3) is 0 Å². The highest BCUT2D eigenvalue weighted by Crippen LogP contribution is 2.33. The van der Waals surface area contributed by atoms with Gasteiger partial charge in [-0.15, -0.1) is 0 Å². The fourth-order valence-corrected chi connectivity index (χ4v) is 5.66. The topological polar surface area (TPSA) is 49.6 Å². The Hall–Kier alpha value is -3.44. The van der Waals surface area contributed by atoms with Crippen molar-refractivity contribution in [1.29, 1.82) is 0 Å². The van der Waals surface area contributed by atoms with Gasteiger partial charge in [0.1, 0.15) is 11.4 Å². The molecule has 192 valence electrons. The molecule has 5 rings (SSSR count). The molecule has 1 atom stereocenters. The first-order chi connectivity index (χ1) is 18.0. The number of nitrogens with one attached hydrogen (secondary N) is 1. The maximum absolute atomic E-state index is 12.7. The fourth-order valence-electron chi connectivity index (χ4n) is 5.66. The molecule has 3 heterocycles. The number of anilines is 1. The Kier molecular flexibility index (Phi) is 7.43. The van der Waals surface area contributed by atoms with Crippen LogP contribution in [0.1, 0.15) is 52.0 Å². The number of rotatable bonds is 9. The SMILES string of the molecule is CCCC(=O)C1(C)CCCN(Cc2ccc(-c3ccn4c(-c5cccc(NCC)c5)cnc4c3)cc2)C1. The highest BCUT2D eigenvalue weighted by atomic mass is 16.1. The average molecular weight is 495 g/mol. The molecule has 0 bridgehead atoms. The third-order valence-corrected chi connectivity index (χ3v) is 7.67. The predicted octanol–water partition coefficient (Wildman–Crippen LogP) is 7.07. The molecule has 0 saturated carbocycles. The number of piperidine rings is 1. The minimum Gasteiger partial charge on any atom is -0.385 e. The van der Waals surface area contributed by atoms with Crippen molar-refractivity contribution < 1.29 is 4.79 Å². The number of hydrogen-bond acceptors (Lipinski definition) is 4. The molecular formula is C32H38N4O. The van der Waals surface area contributed by atoms with Crippen LogP contribution in [0.15, 0.2) is 73.1 Å². The van der Waals surface area contributed by atoms with E-state index in [1.807, 2.05) is 6.20 Å². The Bertz CT molecular complexity index is 1370. The maximum atomic E-state index is 12.7. The molecule has 0 spiro atoms. The lowest BCUT2D eigenvalue weighted by atomic mass is 9.76. The van der Waals surface area contributed by atoms with E-state index < -0.39 is 0 Å². The molecule has 1 aliphatic rings. The Morgan fingerprint density at radius 1 is 1.03 bits per heavy atom. The molecule has 4 aromatic rings. The number of nitrogens with zero attached hydrogens (tertiary/aromatic N) is 3. The zero-order valence-electron chi connectivity index (χ0n) is 22.3. The molecule has 0 amide bonds. The first kappa shape index (κ1) is 25.2. The maximum Gasteiger partial charge on any atom is 0.140 e. The number of Topliss-reactive ketones (excluding diaryl/α,β-unsaturated/α-hetero) is 1. The molecular weight excluding hydrogens is 456 g/mol. The quantitative estimate of drug-likeness (QED) is 0.270. The molecule has 5 heteroatoms. The van der Waals surface area contributed by atoms with E-state index >= 15 is 0 Å². The highest BCUT2D eigenvalue weighted by Gasteiger charge is 2.36. The molecule has 2 aromatic heterocycles. The number of pyridine rings is 1. The van der Waals surface area contributed by atoms with Crippen LogP contribution in [0.2, 0.25) is 0 Å². The minimum atomic E-state index is -0.194. The van der Waals surface area contributed by atoms with Crippen LogP contribution >= 0.6 is 0 Å². The normalized spacial score (nSPS) is 18.2. The van der Waals surface area contributed by atoms with Crippen molar-refractivity contribution in [1.82, 2.24) is 14.3 Å². The predicted molar refractivity (Wildman–Crippen MR) is 153 cm³/mol. The van der Waals surface area contributed by atoms with E-state index in [1.165, 1.54) is 11.1 Å². The van der Waals surface area contributed by atoms with Gasteiger partial charge in [0.2, 0.25) is 0 Å². The number of likely N-dealkylation sites (tertiary alicyclic amines) is 1. The van der Waals surface area contributed by atoms with Gasteiger partial charge in [-0.05, 0) is 73.7 Å². The van der Waals surface area contributed by atoms with E-state index in [0.717, 1.165) is 73.6 Å². The number of benzene rings is 2. The smallest absolute Gasteiger partial charge is 0.140 e. The number of fused-ring (bicyclic) bond motifs is 1. The van der Waals surface area contributed by atoms with Gasteiger partial charge < -0.3 is 5.32 Å². The van der Waals surface area contributed by atoms with Crippen molar-refractivity contribution in [2.24, 2.45) is 5.41 Å². The van der Waals surface area contributed by atoms with Crippen molar-refractivity contribution in [2.45, 2.75) is 53.0 Å².